The van der Waals surface area contributed by atoms with Crippen LogP contribution in [-0.2, 0) is 5.41 Å². The maximum Gasteiger partial charge on any atom is 0.196 e. The lowest BCUT2D eigenvalue weighted by Gasteiger charge is -2.19. The highest BCUT2D eigenvalue weighted by atomic mass is 16.3. The highest BCUT2D eigenvalue weighted by Crippen LogP contribution is 2.26. The fraction of sp³-hybridized carbons (Fsp3) is 0.389. The van der Waals surface area contributed by atoms with Crippen LogP contribution < -0.4 is 0 Å². The Kier molecular flexibility index (Phi) is 3.59. The fourth-order valence-electron chi connectivity index (χ4n) is 2.39. The van der Waals surface area contributed by atoms with E-state index >= 15 is 0 Å². The molecule has 2 heteroatoms. The zero-order valence-electron chi connectivity index (χ0n) is 13.1. The van der Waals surface area contributed by atoms with Crippen molar-refractivity contribution in [2.75, 3.05) is 0 Å². The molecule has 0 aliphatic carbocycles. The van der Waals surface area contributed by atoms with Gasteiger partial charge in [-0.3, -0.25) is 4.79 Å². The SMILES string of the molecule is Cc1oc(C)c(C(=O)c2ccc(C(C)(C)C)cc2)c1C. The number of benzene rings is 1. The van der Waals surface area contributed by atoms with Crippen LogP contribution >= 0.6 is 0 Å². The van der Waals surface area contributed by atoms with E-state index in [1.54, 1.807) is 0 Å². The van der Waals surface area contributed by atoms with Crippen molar-refractivity contribution in [2.45, 2.75) is 47.0 Å². The number of hydrogen-bond acceptors (Lipinski definition) is 2. The van der Waals surface area contributed by atoms with Crippen LogP contribution in [0, 0.1) is 20.8 Å². The normalized spacial score (nSPS) is 11.7. The largest absolute Gasteiger partial charge is 0.466 e. The number of ketones is 1. The molecule has 1 heterocycles. The van der Waals surface area contributed by atoms with Gasteiger partial charge in [0.1, 0.15) is 11.5 Å². The van der Waals surface area contributed by atoms with Gasteiger partial charge in [-0.1, -0.05) is 45.0 Å². The lowest BCUT2D eigenvalue weighted by molar-refractivity contribution is 0.103. The molecule has 1 aromatic heterocycles. The molecule has 0 amide bonds. The van der Waals surface area contributed by atoms with E-state index in [-0.39, 0.29) is 11.2 Å². The second kappa shape index (κ2) is 4.93. The molecule has 0 fully saturated rings. The van der Waals surface area contributed by atoms with Gasteiger partial charge in [0, 0.05) is 11.1 Å². The molecule has 0 bridgehead atoms. The van der Waals surface area contributed by atoms with Gasteiger partial charge < -0.3 is 4.42 Å². The number of carbonyl (C=O) groups excluding carboxylic acids is 1. The van der Waals surface area contributed by atoms with E-state index in [9.17, 15) is 4.79 Å². The van der Waals surface area contributed by atoms with E-state index in [0.29, 0.717) is 16.9 Å². The Morgan fingerprint density at radius 3 is 1.90 bits per heavy atom. The molecule has 2 nitrogen and oxygen atoms in total. The molecule has 0 atom stereocenters. The average Bonchev–Trinajstić information content (AvgIpc) is 2.62. The third kappa shape index (κ3) is 2.55. The van der Waals surface area contributed by atoms with Gasteiger partial charge in [0.15, 0.2) is 5.78 Å². The van der Waals surface area contributed by atoms with E-state index in [2.05, 4.69) is 20.8 Å². The third-order valence-electron chi connectivity index (χ3n) is 3.80. The van der Waals surface area contributed by atoms with E-state index in [1.165, 1.54) is 5.56 Å². The first-order valence-corrected chi connectivity index (χ1v) is 6.93. The lowest BCUT2D eigenvalue weighted by Crippen LogP contribution is -2.11. The van der Waals surface area contributed by atoms with Crippen molar-refractivity contribution in [1.29, 1.82) is 0 Å². The molecule has 106 valence electrons. The summed E-state index contributed by atoms with van der Waals surface area (Å²) in [6, 6.07) is 7.88. The second-order valence-corrected chi connectivity index (χ2v) is 6.37. The van der Waals surface area contributed by atoms with Gasteiger partial charge in [-0.2, -0.15) is 0 Å². The summed E-state index contributed by atoms with van der Waals surface area (Å²) in [5.41, 5.74) is 3.67. The number of carbonyl (C=O) groups is 1. The van der Waals surface area contributed by atoms with Crippen LogP contribution in [0.1, 0.15) is 59.3 Å². The Bertz CT molecular complexity index is 637. The van der Waals surface area contributed by atoms with Crippen molar-refractivity contribution in [1.82, 2.24) is 0 Å². The van der Waals surface area contributed by atoms with E-state index in [4.69, 9.17) is 4.42 Å². The van der Waals surface area contributed by atoms with Gasteiger partial charge in [0.25, 0.3) is 0 Å². The second-order valence-electron chi connectivity index (χ2n) is 6.37. The zero-order chi connectivity index (χ0) is 15.1. The predicted molar refractivity (Wildman–Crippen MR) is 81.5 cm³/mol. The van der Waals surface area contributed by atoms with E-state index in [0.717, 1.165) is 11.3 Å². The van der Waals surface area contributed by atoms with Crippen LogP contribution in [0.5, 0.6) is 0 Å². The van der Waals surface area contributed by atoms with Gasteiger partial charge in [-0.15, -0.1) is 0 Å². The minimum Gasteiger partial charge on any atom is -0.466 e. The van der Waals surface area contributed by atoms with Crippen LogP contribution in [0.4, 0.5) is 0 Å². The maximum absolute atomic E-state index is 12.6. The molecule has 2 rings (SSSR count). The van der Waals surface area contributed by atoms with Crippen LogP contribution in [0.15, 0.2) is 28.7 Å². The molecule has 0 aliphatic rings. The van der Waals surface area contributed by atoms with Gasteiger partial charge in [0.05, 0.1) is 5.56 Å². The standard InChI is InChI=1S/C18H22O2/c1-11-12(2)20-13(3)16(11)17(19)14-7-9-15(10-8-14)18(4,5)6/h7-10H,1-6H3. The first kappa shape index (κ1) is 14.6. The summed E-state index contributed by atoms with van der Waals surface area (Å²) in [5.74, 6) is 1.55. The topological polar surface area (TPSA) is 30.2 Å². The summed E-state index contributed by atoms with van der Waals surface area (Å²) in [4.78, 5) is 12.6. The monoisotopic (exact) mass is 270 g/mol. The smallest absolute Gasteiger partial charge is 0.196 e. The highest BCUT2D eigenvalue weighted by molar-refractivity contribution is 6.10. The Morgan fingerprint density at radius 1 is 0.950 bits per heavy atom. The molecule has 0 spiro atoms. The van der Waals surface area contributed by atoms with Gasteiger partial charge in [0.2, 0.25) is 0 Å². The minimum atomic E-state index is 0.0392. The number of rotatable bonds is 2. The van der Waals surface area contributed by atoms with Crippen molar-refractivity contribution >= 4 is 5.78 Å². The molecule has 0 radical (unpaired) electrons. The number of hydrogen-bond donors (Lipinski definition) is 0. The summed E-state index contributed by atoms with van der Waals surface area (Å²) in [6.45, 7) is 12.2. The highest BCUT2D eigenvalue weighted by Gasteiger charge is 2.20. The van der Waals surface area contributed by atoms with Crippen molar-refractivity contribution in [3.05, 3.63) is 58.0 Å². The summed E-state index contributed by atoms with van der Waals surface area (Å²) < 4.78 is 5.55. The molecule has 0 saturated heterocycles. The molecule has 2 aromatic rings. The van der Waals surface area contributed by atoms with Crippen LogP contribution in [-0.4, -0.2) is 5.78 Å². The van der Waals surface area contributed by atoms with E-state index < -0.39 is 0 Å². The molecule has 1 aromatic carbocycles. The van der Waals surface area contributed by atoms with Crippen LogP contribution in [0.25, 0.3) is 0 Å². The fourth-order valence-corrected chi connectivity index (χ4v) is 2.39. The van der Waals surface area contributed by atoms with Crippen molar-refractivity contribution < 1.29 is 9.21 Å². The summed E-state index contributed by atoms with van der Waals surface area (Å²) >= 11 is 0. The Balaban J connectivity index is 2.39. The first-order chi connectivity index (χ1) is 9.21. The molecular weight excluding hydrogens is 248 g/mol. The molecule has 0 aliphatic heterocycles. The number of furan rings is 1. The quantitative estimate of drug-likeness (QED) is 0.738. The molecule has 0 unspecified atom stereocenters. The summed E-state index contributed by atoms with van der Waals surface area (Å²) in [7, 11) is 0. The lowest BCUT2D eigenvalue weighted by atomic mass is 9.86. The summed E-state index contributed by atoms with van der Waals surface area (Å²) in [6.07, 6.45) is 0. The van der Waals surface area contributed by atoms with Gasteiger partial charge in [-0.05, 0) is 31.7 Å². The maximum atomic E-state index is 12.6. The summed E-state index contributed by atoms with van der Waals surface area (Å²) in [5, 5.41) is 0. The molecular formula is C18H22O2. The van der Waals surface area contributed by atoms with Gasteiger partial charge in [-0.25, -0.2) is 0 Å². The Hall–Kier alpha value is -1.83. The Morgan fingerprint density at radius 2 is 1.50 bits per heavy atom. The van der Waals surface area contributed by atoms with E-state index in [1.807, 2.05) is 45.0 Å². The zero-order valence-corrected chi connectivity index (χ0v) is 13.1. The first-order valence-electron chi connectivity index (χ1n) is 6.93. The van der Waals surface area contributed by atoms with Crippen molar-refractivity contribution in [2.24, 2.45) is 0 Å². The number of aryl methyl sites for hydroxylation is 2. The van der Waals surface area contributed by atoms with Crippen molar-refractivity contribution in [3.8, 4) is 0 Å². The Labute approximate surface area is 120 Å². The van der Waals surface area contributed by atoms with Crippen molar-refractivity contribution in [3.63, 3.8) is 0 Å². The van der Waals surface area contributed by atoms with Crippen LogP contribution in [0.2, 0.25) is 0 Å². The third-order valence-corrected chi connectivity index (χ3v) is 3.80. The minimum absolute atomic E-state index is 0.0392. The molecule has 0 N–H and O–H groups in total. The van der Waals surface area contributed by atoms with Gasteiger partial charge >= 0.3 is 0 Å². The van der Waals surface area contributed by atoms with Crippen LogP contribution in [0.3, 0.4) is 0 Å². The molecule has 20 heavy (non-hydrogen) atoms. The average molecular weight is 270 g/mol. The predicted octanol–water partition coefficient (Wildman–Crippen LogP) is 4.73. The molecule has 0 saturated carbocycles.